The van der Waals surface area contributed by atoms with E-state index >= 15 is 0 Å². The van der Waals surface area contributed by atoms with Crippen molar-refractivity contribution in [2.24, 2.45) is 0 Å². The summed E-state index contributed by atoms with van der Waals surface area (Å²) in [6.07, 6.45) is 25.2. The van der Waals surface area contributed by atoms with E-state index in [0.717, 1.165) is 77.0 Å². The van der Waals surface area contributed by atoms with Crippen molar-refractivity contribution in [1.82, 2.24) is 0 Å². The molecule has 1 aliphatic rings. The molecule has 4 unspecified atom stereocenters. The van der Waals surface area contributed by atoms with Crippen molar-refractivity contribution < 1.29 is 63.1 Å². The minimum Gasteiger partial charge on any atom is -0.462 e. The van der Waals surface area contributed by atoms with Gasteiger partial charge in [0, 0.05) is 12.8 Å². The number of ether oxygens (including phenoxy) is 2. The van der Waals surface area contributed by atoms with Crippen LogP contribution in [0.5, 0.6) is 0 Å². The van der Waals surface area contributed by atoms with Crippen LogP contribution in [-0.4, -0.2) is 98.3 Å². The van der Waals surface area contributed by atoms with Crippen LogP contribution < -0.4 is 0 Å². The van der Waals surface area contributed by atoms with Gasteiger partial charge in [-0.1, -0.05) is 141 Å². The second-order valence-corrected chi connectivity index (χ2v) is 17.7. The molecule has 1 rings (SSSR count). The fraction of sp³-hybridized carbons (Fsp3) is 0.867. The van der Waals surface area contributed by atoms with E-state index in [1.807, 2.05) is 0 Å². The molecule has 0 saturated heterocycles. The molecule has 0 aromatic rings. The molecule has 1 fully saturated rings. The van der Waals surface area contributed by atoms with Gasteiger partial charge >= 0.3 is 19.8 Å². The molecule has 13 nitrogen and oxygen atoms in total. The van der Waals surface area contributed by atoms with Crippen LogP contribution in [0.2, 0.25) is 0 Å². The van der Waals surface area contributed by atoms with Crippen LogP contribution in [0.15, 0.2) is 24.3 Å². The zero-order valence-electron chi connectivity index (χ0n) is 36.6. The maximum atomic E-state index is 12.8. The van der Waals surface area contributed by atoms with E-state index in [4.69, 9.17) is 18.5 Å². The molecule has 14 heteroatoms. The van der Waals surface area contributed by atoms with Crippen molar-refractivity contribution in [1.29, 1.82) is 0 Å². The number of hydrogen-bond acceptors (Lipinski definition) is 12. The van der Waals surface area contributed by atoms with Crippen LogP contribution in [0, 0.1) is 0 Å². The van der Waals surface area contributed by atoms with E-state index in [2.05, 4.69) is 38.2 Å². The van der Waals surface area contributed by atoms with Gasteiger partial charge < -0.3 is 39.9 Å². The Hall–Kier alpha value is -1.67. The molecule has 1 aliphatic carbocycles. The number of hydrogen-bond donors (Lipinski definition) is 6. The predicted molar refractivity (Wildman–Crippen MR) is 230 cm³/mol. The van der Waals surface area contributed by atoms with Crippen LogP contribution in [-0.2, 0) is 32.7 Å². The van der Waals surface area contributed by atoms with Crippen LogP contribution in [0.1, 0.15) is 194 Å². The second kappa shape index (κ2) is 35.9. The molecular weight excluding hydrogens is 779 g/mol. The number of unbranched alkanes of at least 4 members (excludes halogenated alkanes) is 22. The Kier molecular flexibility index (Phi) is 33.7. The number of rotatable bonds is 38. The third-order valence-electron chi connectivity index (χ3n) is 10.8. The van der Waals surface area contributed by atoms with Crippen molar-refractivity contribution in [2.45, 2.75) is 236 Å². The molecule has 8 atom stereocenters. The highest BCUT2D eigenvalue weighted by molar-refractivity contribution is 7.47. The molecule has 0 bridgehead atoms. The molecule has 6 N–H and O–H groups in total. The Morgan fingerprint density at radius 3 is 1.29 bits per heavy atom. The molecule has 0 spiro atoms. The van der Waals surface area contributed by atoms with Gasteiger partial charge in [-0.05, 0) is 64.2 Å². The molecule has 0 aromatic carbocycles. The maximum absolute atomic E-state index is 12.8. The first-order valence-corrected chi connectivity index (χ1v) is 24.6. The highest BCUT2D eigenvalue weighted by atomic mass is 31.2. The molecule has 346 valence electrons. The number of phosphoric acid groups is 1. The Bertz CT molecular complexity index is 1130. The minimum atomic E-state index is -5.12. The standard InChI is InChI=1S/C45H83O13P/c1-3-5-7-9-11-13-15-17-19-21-23-25-27-29-31-33-38(46)55-35-37(36-56-59(53,54)58-45-43(51)41(49)40(48)42(50)44(45)52)57-39(47)34-32-30-28-26-24-22-20-18-16-14-12-10-8-6-4-2/h17-20,37,40-45,48-52H,3-16,21-36H2,1-2H3,(H,53,54)/b19-17+,20-18+/t37?,40?,41-,42+,43-,44-,45?/m0/s1. The average molecular weight is 863 g/mol. The lowest BCUT2D eigenvalue weighted by Gasteiger charge is -2.41. The lowest BCUT2D eigenvalue weighted by Crippen LogP contribution is -2.64. The molecular formula is C45H83O13P. The first kappa shape index (κ1) is 55.3. The predicted octanol–water partition coefficient (Wildman–Crippen LogP) is 8.84. The fourth-order valence-electron chi connectivity index (χ4n) is 6.98. The van der Waals surface area contributed by atoms with Crippen molar-refractivity contribution in [3.63, 3.8) is 0 Å². The Balaban J connectivity index is 2.47. The summed E-state index contributed by atoms with van der Waals surface area (Å²) in [5, 5.41) is 50.1. The smallest absolute Gasteiger partial charge is 0.462 e. The SMILES string of the molecule is CCCCCCCC/C=C/CCCCCCCC(=O)OCC(COP(=O)(O)OC1[C@@H](O)[C@H](O)C(O)[C@H](O)[C@@H]1O)OC(=O)CCCCCCC/C=C/CCCCCCCC. The van der Waals surface area contributed by atoms with Crippen molar-refractivity contribution in [2.75, 3.05) is 13.2 Å². The van der Waals surface area contributed by atoms with E-state index in [0.29, 0.717) is 12.8 Å². The van der Waals surface area contributed by atoms with Gasteiger partial charge in [0.15, 0.2) is 6.10 Å². The van der Waals surface area contributed by atoms with Crippen LogP contribution in [0.25, 0.3) is 0 Å². The number of aliphatic hydroxyl groups is 5. The zero-order chi connectivity index (χ0) is 43.6. The third-order valence-corrected chi connectivity index (χ3v) is 11.8. The Labute approximate surface area is 356 Å². The molecule has 0 amide bonds. The summed E-state index contributed by atoms with van der Waals surface area (Å²) >= 11 is 0. The number of esters is 2. The van der Waals surface area contributed by atoms with E-state index in [9.17, 15) is 44.6 Å². The van der Waals surface area contributed by atoms with Crippen LogP contribution in [0.3, 0.4) is 0 Å². The van der Waals surface area contributed by atoms with Gasteiger partial charge in [-0.3, -0.25) is 18.6 Å². The maximum Gasteiger partial charge on any atom is 0.472 e. The minimum absolute atomic E-state index is 0.0867. The topological polar surface area (TPSA) is 210 Å². The van der Waals surface area contributed by atoms with Crippen molar-refractivity contribution >= 4 is 19.8 Å². The van der Waals surface area contributed by atoms with Crippen LogP contribution in [0.4, 0.5) is 0 Å². The van der Waals surface area contributed by atoms with E-state index < -0.39 is 75.7 Å². The number of aliphatic hydroxyl groups excluding tert-OH is 5. The lowest BCUT2D eigenvalue weighted by molar-refractivity contribution is -0.220. The lowest BCUT2D eigenvalue weighted by atomic mass is 9.85. The third kappa shape index (κ3) is 28.5. The normalized spacial score (nSPS) is 22.5. The van der Waals surface area contributed by atoms with E-state index in [1.54, 1.807) is 0 Å². The number of carbonyl (C=O) groups is 2. The van der Waals surface area contributed by atoms with Gasteiger partial charge in [0.05, 0.1) is 6.61 Å². The van der Waals surface area contributed by atoms with E-state index in [1.165, 1.54) is 77.0 Å². The summed E-state index contributed by atoms with van der Waals surface area (Å²) in [5.74, 6) is -1.11. The number of allylic oxidation sites excluding steroid dienone is 4. The summed E-state index contributed by atoms with van der Waals surface area (Å²) in [6.45, 7) is 3.28. The quantitative estimate of drug-likeness (QED) is 0.0149. The first-order chi connectivity index (χ1) is 28.4. The summed E-state index contributed by atoms with van der Waals surface area (Å²) in [6, 6.07) is 0. The van der Waals surface area contributed by atoms with Gasteiger partial charge in [-0.25, -0.2) is 4.57 Å². The largest absolute Gasteiger partial charge is 0.472 e. The van der Waals surface area contributed by atoms with Crippen LogP contribution >= 0.6 is 7.82 Å². The molecule has 0 radical (unpaired) electrons. The average Bonchev–Trinajstić information content (AvgIpc) is 3.21. The molecule has 1 saturated carbocycles. The monoisotopic (exact) mass is 863 g/mol. The summed E-state index contributed by atoms with van der Waals surface area (Å²) < 4.78 is 33.5. The van der Waals surface area contributed by atoms with Gasteiger partial charge in [-0.15, -0.1) is 0 Å². The van der Waals surface area contributed by atoms with Gasteiger partial charge in [0.1, 0.15) is 43.2 Å². The fourth-order valence-corrected chi connectivity index (χ4v) is 7.95. The summed E-state index contributed by atoms with van der Waals surface area (Å²) in [7, 11) is -5.12. The van der Waals surface area contributed by atoms with Gasteiger partial charge in [-0.2, -0.15) is 0 Å². The Morgan fingerprint density at radius 2 is 0.864 bits per heavy atom. The number of phosphoric ester groups is 1. The molecule has 0 aliphatic heterocycles. The van der Waals surface area contributed by atoms with Gasteiger partial charge in [0.25, 0.3) is 0 Å². The number of carbonyl (C=O) groups excluding carboxylic acids is 2. The molecule has 59 heavy (non-hydrogen) atoms. The molecule has 0 heterocycles. The van der Waals surface area contributed by atoms with Crippen molar-refractivity contribution in [3.8, 4) is 0 Å². The first-order valence-electron chi connectivity index (χ1n) is 23.1. The highest BCUT2D eigenvalue weighted by Crippen LogP contribution is 2.47. The summed E-state index contributed by atoms with van der Waals surface area (Å²) in [5.41, 5.74) is 0. The Morgan fingerprint density at radius 1 is 0.508 bits per heavy atom. The highest BCUT2D eigenvalue weighted by Gasteiger charge is 2.51. The summed E-state index contributed by atoms with van der Waals surface area (Å²) in [4.78, 5) is 35.7. The second-order valence-electron chi connectivity index (χ2n) is 16.3. The van der Waals surface area contributed by atoms with Gasteiger partial charge in [0.2, 0.25) is 0 Å². The zero-order valence-corrected chi connectivity index (χ0v) is 37.4. The molecule has 0 aromatic heterocycles. The van der Waals surface area contributed by atoms with Crippen molar-refractivity contribution in [3.05, 3.63) is 24.3 Å². The van der Waals surface area contributed by atoms with E-state index in [-0.39, 0.29) is 12.8 Å².